The van der Waals surface area contributed by atoms with Crippen molar-refractivity contribution in [2.45, 2.75) is 31.1 Å². The highest BCUT2D eigenvalue weighted by atomic mass is 32.2. The van der Waals surface area contributed by atoms with Crippen LogP contribution in [0.25, 0.3) is 20.8 Å². The molecule has 7 nitrogen and oxygen atoms in total. The van der Waals surface area contributed by atoms with Gasteiger partial charge in [-0.1, -0.05) is 24.6 Å². The largest absolute Gasteiger partial charge is 0.307 e. The molecular formula is C25H24N4O3S2. The Bertz CT molecular complexity index is 1420. The number of carbonyl (C=O) groups is 1. The SMILES string of the molecule is Cc1ccc(S(=O)(=O)N2CCCCC2)cc1C(=O)Nc1ccc(-c2nc3ccccc3s2)cn1. The smallest absolute Gasteiger partial charge is 0.257 e. The normalized spacial score (nSPS) is 14.9. The first-order valence-corrected chi connectivity index (χ1v) is 13.4. The van der Waals surface area contributed by atoms with Crippen LogP contribution in [-0.2, 0) is 10.0 Å². The molecule has 174 valence electrons. The third-order valence-corrected chi connectivity index (χ3v) is 8.93. The average molecular weight is 493 g/mol. The zero-order chi connectivity index (χ0) is 23.7. The van der Waals surface area contributed by atoms with Crippen LogP contribution in [0.2, 0.25) is 0 Å². The molecule has 0 atom stereocenters. The fourth-order valence-electron chi connectivity index (χ4n) is 4.03. The Morgan fingerprint density at radius 1 is 1.03 bits per heavy atom. The minimum atomic E-state index is -3.62. The van der Waals surface area contributed by atoms with E-state index in [1.54, 1.807) is 42.7 Å². The van der Waals surface area contributed by atoms with Crippen LogP contribution in [0.15, 0.2) is 65.7 Å². The van der Waals surface area contributed by atoms with Gasteiger partial charge in [0.1, 0.15) is 10.8 Å². The van der Waals surface area contributed by atoms with E-state index >= 15 is 0 Å². The van der Waals surface area contributed by atoms with Gasteiger partial charge >= 0.3 is 0 Å². The van der Waals surface area contributed by atoms with Gasteiger partial charge in [-0.25, -0.2) is 18.4 Å². The van der Waals surface area contributed by atoms with Gasteiger partial charge in [0.2, 0.25) is 10.0 Å². The molecule has 2 aromatic carbocycles. The third-order valence-electron chi connectivity index (χ3n) is 5.95. The number of aryl methyl sites for hydroxylation is 1. The number of nitrogens with zero attached hydrogens (tertiary/aromatic N) is 3. The second-order valence-corrected chi connectivity index (χ2v) is 11.3. The van der Waals surface area contributed by atoms with Crippen molar-refractivity contribution in [1.82, 2.24) is 14.3 Å². The van der Waals surface area contributed by atoms with Crippen molar-refractivity contribution < 1.29 is 13.2 Å². The zero-order valence-corrected chi connectivity index (χ0v) is 20.3. The maximum Gasteiger partial charge on any atom is 0.257 e. The summed E-state index contributed by atoms with van der Waals surface area (Å²) in [5.74, 6) is -0.00742. The molecule has 34 heavy (non-hydrogen) atoms. The molecule has 3 heterocycles. The molecule has 1 N–H and O–H groups in total. The molecule has 1 aliphatic rings. The summed E-state index contributed by atoms with van der Waals surface area (Å²) in [5.41, 5.74) is 2.82. The molecule has 1 amide bonds. The van der Waals surface area contributed by atoms with Gasteiger partial charge in [0.25, 0.3) is 5.91 Å². The van der Waals surface area contributed by atoms with E-state index in [1.165, 1.54) is 10.4 Å². The number of benzene rings is 2. The van der Waals surface area contributed by atoms with Gasteiger partial charge in [0.05, 0.1) is 15.1 Å². The molecule has 5 rings (SSSR count). The predicted octanol–water partition coefficient (Wildman–Crippen LogP) is 5.09. The number of nitrogens with one attached hydrogen (secondary N) is 1. The molecule has 2 aromatic heterocycles. The Morgan fingerprint density at radius 2 is 1.82 bits per heavy atom. The summed E-state index contributed by atoms with van der Waals surface area (Å²) in [5, 5.41) is 3.65. The monoisotopic (exact) mass is 492 g/mol. The van der Waals surface area contributed by atoms with Crippen LogP contribution in [0, 0.1) is 6.92 Å². The zero-order valence-electron chi connectivity index (χ0n) is 18.7. The molecule has 1 aliphatic heterocycles. The summed E-state index contributed by atoms with van der Waals surface area (Å²) in [7, 11) is -3.62. The fourth-order valence-corrected chi connectivity index (χ4v) is 6.53. The molecule has 1 saturated heterocycles. The number of carbonyl (C=O) groups excluding carboxylic acids is 1. The Morgan fingerprint density at radius 3 is 2.56 bits per heavy atom. The van der Waals surface area contributed by atoms with Crippen LogP contribution in [0.3, 0.4) is 0 Å². The first kappa shape index (κ1) is 22.6. The molecule has 4 aromatic rings. The van der Waals surface area contributed by atoms with Crippen LogP contribution in [0.1, 0.15) is 35.2 Å². The molecule has 9 heteroatoms. The summed E-state index contributed by atoms with van der Waals surface area (Å²) in [4.78, 5) is 22.1. The van der Waals surface area contributed by atoms with Crippen molar-refractivity contribution in [1.29, 1.82) is 0 Å². The third kappa shape index (κ3) is 4.46. The molecule has 0 unspecified atom stereocenters. The van der Waals surface area contributed by atoms with E-state index in [1.807, 2.05) is 30.3 Å². The first-order chi connectivity index (χ1) is 16.4. The highest BCUT2D eigenvalue weighted by Gasteiger charge is 2.27. The number of hydrogen-bond donors (Lipinski definition) is 1. The average Bonchev–Trinajstić information content (AvgIpc) is 3.29. The summed E-state index contributed by atoms with van der Waals surface area (Å²) in [6.07, 6.45) is 4.43. The molecule has 0 saturated carbocycles. The lowest BCUT2D eigenvalue weighted by atomic mass is 10.1. The lowest BCUT2D eigenvalue weighted by molar-refractivity contribution is 0.102. The summed E-state index contributed by atoms with van der Waals surface area (Å²) in [6, 6.07) is 16.2. The van der Waals surface area contributed by atoms with Crippen molar-refractivity contribution in [2.24, 2.45) is 0 Å². The van der Waals surface area contributed by atoms with E-state index < -0.39 is 15.9 Å². The van der Waals surface area contributed by atoms with Crippen molar-refractivity contribution in [3.63, 3.8) is 0 Å². The molecule has 1 fully saturated rings. The Balaban J connectivity index is 1.35. The number of anilines is 1. The van der Waals surface area contributed by atoms with Crippen LogP contribution < -0.4 is 5.32 Å². The van der Waals surface area contributed by atoms with E-state index in [2.05, 4.69) is 15.3 Å². The Labute approximate surface area is 202 Å². The molecular weight excluding hydrogens is 468 g/mol. The van der Waals surface area contributed by atoms with Crippen molar-refractivity contribution in [3.8, 4) is 10.6 Å². The summed E-state index contributed by atoms with van der Waals surface area (Å²) >= 11 is 1.59. The van der Waals surface area contributed by atoms with Gasteiger partial charge in [-0.3, -0.25) is 4.79 Å². The lowest BCUT2D eigenvalue weighted by Gasteiger charge is -2.26. The minimum Gasteiger partial charge on any atom is -0.307 e. The summed E-state index contributed by atoms with van der Waals surface area (Å²) in [6.45, 7) is 2.82. The van der Waals surface area contributed by atoms with Crippen LogP contribution in [-0.4, -0.2) is 41.7 Å². The molecule has 0 bridgehead atoms. The van der Waals surface area contributed by atoms with Gasteiger partial charge in [-0.2, -0.15) is 4.31 Å². The van der Waals surface area contributed by atoms with Gasteiger partial charge in [-0.05, 0) is 61.7 Å². The lowest BCUT2D eigenvalue weighted by Crippen LogP contribution is -2.35. The fraction of sp³-hybridized carbons (Fsp3) is 0.240. The van der Waals surface area contributed by atoms with Crippen LogP contribution in [0.4, 0.5) is 5.82 Å². The first-order valence-electron chi connectivity index (χ1n) is 11.2. The van der Waals surface area contributed by atoms with E-state index in [-0.39, 0.29) is 4.90 Å². The highest BCUT2D eigenvalue weighted by molar-refractivity contribution is 7.89. The van der Waals surface area contributed by atoms with E-state index in [0.717, 1.165) is 40.1 Å². The van der Waals surface area contributed by atoms with Crippen molar-refractivity contribution in [3.05, 3.63) is 71.9 Å². The number of thiazole rings is 1. The quantitative estimate of drug-likeness (QED) is 0.419. The molecule has 0 radical (unpaired) electrons. The van der Waals surface area contributed by atoms with Gasteiger partial charge in [0.15, 0.2) is 0 Å². The Kier molecular flexibility index (Phi) is 6.16. The maximum atomic E-state index is 13.0. The van der Waals surface area contributed by atoms with E-state index in [4.69, 9.17) is 0 Å². The number of sulfonamides is 1. The highest BCUT2D eigenvalue weighted by Crippen LogP contribution is 2.30. The Hall–Kier alpha value is -3.14. The number of hydrogen-bond acceptors (Lipinski definition) is 6. The molecule has 0 aliphatic carbocycles. The molecule has 0 spiro atoms. The second kappa shape index (κ2) is 9.25. The predicted molar refractivity (Wildman–Crippen MR) is 135 cm³/mol. The standard InChI is InChI=1S/C25H24N4O3S2/c1-17-9-11-19(34(31,32)29-13-5-2-6-14-29)15-20(17)24(30)28-23-12-10-18(16-26-23)25-27-21-7-3-4-8-22(21)33-25/h3-4,7-12,15-16H,2,5-6,13-14H2,1H3,(H,26,28,30). The number of rotatable bonds is 5. The van der Waals surface area contributed by atoms with E-state index in [9.17, 15) is 13.2 Å². The number of aromatic nitrogens is 2. The topological polar surface area (TPSA) is 92.3 Å². The van der Waals surface area contributed by atoms with Crippen LogP contribution in [0.5, 0.6) is 0 Å². The second-order valence-electron chi connectivity index (χ2n) is 8.31. The van der Waals surface area contributed by atoms with Crippen LogP contribution >= 0.6 is 11.3 Å². The maximum absolute atomic E-state index is 13.0. The van der Waals surface area contributed by atoms with E-state index in [0.29, 0.717) is 30.0 Å². The van der Waals surface area contributed by atoms with Gasteiger partial charge in [0, 0.05) is 30.4 Å². The number of amides is 1. The summed E-state index contributed by atoms with van der Waals surface area (Å²) < 4.78 is 28.7. The number of piperidine rings is 1. The number of para-hydroxylation sites is 1. The van der Waals surface area contributed by atoms with Crippen molar-refractivity contribution in [2.75, 3.05) is 18.4 Å². The minimum absolute atomic E-state index is 0.143. The number of pyridine rings is 1. The van der Waals surface area contributed by atoms with Gasteiger partial charge in [-0.15, -0.1) is 11.3 Å². The van der Waals surface area contributed by atoms with Crippen molar-refractivity contribution >= 4 is 43.3 Å². The van der Waals surface area contributed by atoms with Gasteiger partial charge < -0.3 is 5.32 Å². The number of fused-ring (bicyclic) bond motifs is 1.